The van der Waals surface area contributed by atoms with Crippen LogP contribution < -0.4 is 0 Å². The molecule has 0 N–H and O–H groups in total. The predicted octanol–water partition coefficient (Wildman–Crippen LogP) is 3.91. The van der Waals surface area contributed by atoms with Gasteiger partial charge in [0.1, 0.15) is 11.6 Å². The largest absolute Gasteiger partial charge is 0.207 e. The van der Waals surface area contributed by atoms with Crippen LogP contribution in [0.15, 0.2) is 18.2 Å². The van der Waals surface area contributed by atoms with Crippen LogP contribution in [0.1, 0.15) is 24.8 Å². The quantitative estimate of drug-likeness (QED) is 0.691. The molecule has 0 spiro atoms. The van der Waals surface area contributed by atoms with Gasteiger partial charge in [0.25, 0.3) is 0 Å². The maximum Gasteiger partial charge on any atom is 0.129 e. The Balaban J connectivity index is 2.09. The van der Waals surface area contributed by atoms with Crippen LogP contribution in [-0.2, 0) is 6.42 Å². The fraction of sp³-hybridized carbons (Fsp3) is 0.500. The lowest BCUT2D eigenvalue weighted by molar-refractivity contribution is 0.299. The zero-order chi connectivity index (χ0) is 10.8. The summed E-state index contributed by atoms with van der Waals surface area (Å²) in [7, 11) is 0. The first-order chi connectivity index (χ1) is 7.18. The molecular weight excluding hydrogens is 218 g/mol. The van der Waals surface area contributed by atoms with Crippen molar-refractivity contribution in [2.45, 2.75) is 31.1 Å². The second-order valence-electron chi connectivity index (χ2n) is 4.11. The Kier molecular flexibility index (Phi) is 3.25. The van der Waals surface area contributed by atoms with Gasteiger partial charge in [0.05, 0.1) is 0 Å². The summed E-state index contributed by atoms with van der Waals surface area (Å²) in [5, 5.41) is -0.134. The lowest BCUT2D eigenvalue weighted by atomic mass is 9.81. The Labute approximate surface area is 93.2 Å². The Hall–Kier alpha value is -0.630. The van der Waals surface area contributed by atoms with Gasteiger partial charge in [-0.15, -0.1) is 11.6 Å². The molecule has 3 heteroatoms. The zero-order valence-corrected chi connectivity index (χ0v) is 9.11. The van der Waals surface area contributed by atoms with E-state index in [1.54, 1.807) is 0 Å². The second-order valence-corrected chi connectivity index (χ2v) is 4.67. The van der Waals surface area contributed by atoms with Gasteiger partial charge in [0.15, 0.2) is 0 Å². The van der Waals surface area contributed by atoms with Crippen LogP contribution in [0, 0.1) is 17.6 Å². The summed E-state index contributed by atoms with van der Waals surface area (Å²) in [5.74, 6) is -0.536. The van der Waals surface area contributed by atoms with E-state index in [1.165, 1.54) is 24.6 Å². The van der Waals surface area contributed by atoms with Crippen LogP contribution in [0.4, 0.5) is 8.78 Å². The monoisotopic (exact) mass is 230 g/mol. The van der Waals surface area contributed by atoms with Crippen molar-refractivity contribution in [3.8, 4) is 0 Å². The summed E-state index contributed by atoms with van der Waals surface area (Å²) < 4.78 is 26.6. The van der Waals surface area contributed by atoms with E-state index >= 15 is 0 Å². The molecule has 1 fully saturated rings. The highest BCUT2D eigenvalue weighted by molar-refractivity contribution is 6.21. The highest BCUT2D eigenvalue weighted by Gasteiger charge is 2.27. The number of alkyl halides is 1. The van der Waals surface area contributed by atoms with Gasteiger partial charge in [-0.3, -0.25) is 0 Å². The van der Waals surface area contributed by atoms with E-state index < -0.39 is 11.6 Å². The number of hydrogen-bond donors (Lipinski definition) is 0. The summed E-state index contributed by atoms with van der Waals surface area (Å²) in [6, 6.07) is 3.94. The minimum atomic E-state index is -0.486. The van der Waals surface area contributed by atoms with Crippen molar-refractivity contribution < 1.29 is 8.78 Å². The van der Waals surface area contributed by atoms with Gasteiger partial charge in [-0.05, 0) is 37.3 Å². The van der Waals surface area contributed by atoms with Gasteiger partial charge in [0, 0.05) is 10.9 Å². The van der Waals surface area contributed by atoms with Crippen molar-refractivity contribution in [2.24, 2.45) is 5.92 Å². The van der Waals surface area contributed by atoms with Crippen LogP contribution in [0.2, 0.25) is 0 Å². The molecule has 2 rings (SSSR count). The fourth-order valence-electron chi connectivity index (χ4n) is 1.89. The van der Waals surface area contributed by atoms with Crippen molar-refractivity contribution in [1.29, 1.82) is 0 Å². The van der Waals surface area contributed by atoms with E-state index in [-0.39, 0.29) is 10.9 Å². The molecule has 82 valence electrons. The van der Waals surface area contributed by atoms with Crippen LogP contribution >= 0.6 is 11.6 Å². The Bertz CT molecular complexity index is 327. The van der Waals surface area contributed by atoms with Crippen molar-refractivity contribution in [2.75, 3.05) is 0 Å². The molecule has 0 aliphatic heterocycles. The maximum atomic E-state index is 13.3. The van der Waals surface area contributed by atoms with E-state index in [2.05, 4.69) is 0 Å². The minimum Gasteiger partial charge on any atom is -0.207 e. The first-order valence-electron chi connectivity index (χ1n) is 5.25. The summed E-state index contributed by atoms with van der Waals surface area (Å²) in [5.41, 5.74) is 0.129. The normalized spacial score (nSPS) is 18.6. The van der Waals surface area contributed by atoms with Crippen LogP contribution in [0.3, 0.4) is 0 Å². The predicted molar refractivity (Wildman–Crippen MR) is 57.0 cm³/mol. The van der Waals surface area contributed by atoms with Crippen molar-refractivity contribution in [3.63, 3.8) is 0 Å². The second kappa shape index (κ2) is 4.48. The molecule has 0 aromatic heterocycles. The highest BCUT2D eigenvalue weighted by Crippen LogP contribution is 2.34. The maximum absolute atomic E-state index is 13.3. The van der Waals surface area contributed by atoms with Gasteiger partial charge in [-0.2, -0.15) is 0 Å². The van der Waals surface area contributed by atoms with E-state index in [4.69, 9.17) is 11.6 Å². The van der Waals surface area contributed by atoms with Gasteiger partial charge < -0.3 is 0 Å². The van der Waals surface area contributed by atoms with E-state index in [9.17, 15) is 8.78 Å². The molecule has 1 unspecified atom stereocenters. The van der Waals surface area contributed by atoms with Crippen molar-refractivity contribution in [1.82, 2.24) is 0 Å². The summed E-state index contributed by atoms with van der Waals surface area (Å²) in [6.07, 6.45) is 3.66. The minimum absolute atomic E-state index is 0.129. The number of rotatable bonds is 3. The third-order valence-electron chi connectivity index (χ3n) is 3.12. The summed E-state index contributed by atoms with van der Waals surface area (Å²) >= 11 is 6.13. The van der Waals surface area contributed by atoms with E-state index in [0.29, 0.717) is 12.3 Å². The van der Waals surface area contributed by atoms with Crippen molar-refractivity contribution in [3.05, 3.63) is 35.4 Å². The van der Waals surface area contributed by atoms with Crippen molar-refractivity contribution >= 4 is 11.6 Å². The molecule has 1 atom stereocenters. The first-order valence-corrected chi connectivity index (χ1v) is 5.69. The molecule has 1 aliphatic carbocycles. The first kappa shape index (κ1) is 10.9. The third kappa shape index (κ3) is 2.31. The highest BCUT2D eigenvalue weighted by atomic mass is 35.5. The molecule has 0 amide bonds. The molecule has 0 bridgehead atoms. The summed E-state index contributed by atoms with van der Waals surface area (Å²) in [4.78, 5) is 0. The van der Waals surface area contributed by atoms with Crippen LogP contribution in [0.25, 0.3) is 0 Å². The standard InChI is InChI=1S/C12H13ClF2/c13-10(8-3-1-4-8)7-9-11(14)5-2-6-12(9)15/h2,5-6,8,10H,1,3-4,7H2. The van der Waals surface area contributed by atoms with Gasteiger partial charge in [-0.25, -0.2) is 8.78 Å². The molecule has 0 saturated heterocycles. The summed E-state index contributed by atoms with van der Waals surface area (Å²) in [6.45, 7) is 0. The molecule has 1 aromatic carbocycles. The number of halogens is 3. The molecule has 0 radical (unpaired) electrons. The smallest absolute Gasteiger partial charge is 0.129 e. The fourth-order valence-corrected chi connectivity index (χ4v) is 2.30. The van der Waals surface area contributed by atoms with Gasteiger partial charge in [0.2, 0.25) is 0 Å². The molecule has 1 aliphatic rings. The molecule has 1 aromatic rings. The number of benzene rings is 1. The number of hydrogen-bond acceptors (Lipinski definition) is 0. The molecule has 0 nitrogen and oxygen atoms in total. The lowest BCUT2D eigenvalue weighted by Crippen LogP contribution is -2.24. The van der Waals surface area contributed by atoms with E-state index in [1.807, 2.05) is 0 Å². The topological polar surface area (TPSA) is 0 Å². The van der Waals surface area contributed by atoms with Crippen LogP contribution in [-0.4, -0.2) is 5.38 Å². The Morgan fingerprint density at radius 3 is 2.33 bits per heavy atom. The molecule has 15 heavy (non-hydrogen) atoms. The Morgan fingerprint density at radius 1 is 1.27 bits per heavy atom. The SMILES string of the molecule is Fc1cccc(F)c1CC(Cl)C1CCC1. The van der Waals surface area contributed by atoms with Gasteiger partial charge >= 0.3 is 0 Å². The third-order valence-corrected chi connectivity index (χ3v) is 3.63. The van der Waals surface area contributed by atoms with Crippen LogP contribution in [0.5, 0.6) is 0 Å². The zero-order valence-electron chi connectivity index (χ0n) is 8.35. The molecular formula is C12H13ClF2. The lowest BCUT2D eigenvalue weighted by Gasteiger charge is -2.30. The average Bonchev–Trinajstić information content (AvgIpc) is 2.08. The van der Waals surface area contributed by atoms with Gasteiger partial charge in [-0.1, -0.05) is 12.5 Å². The Morgan fingerprint density at radius 2 is 1.87 bits per heavy atom. The average molecular weight is 231 g/mol. The molecule has 0 heterocycles. The van der Waals surface area contributed by atoms with E-state index in [0.717, 1.165) is 12.8 Å². The molecule has 1 saturated carbocycles.